The van der Waals surface area contributed by atoms with Gasteiger partial charge < -0.3 is 4.74 Å². The van der Waals surface area contributed by atoms with E-state index in [2.05, 4.69) is 28.1 Å². The standard InChI is InChI=1S/C17H15BrO2/c1-20-16-8-7-12(9-15(16)18)17(19)14-10-13(14)11-5-3-2-4-6-11/h2-9,13-14H,10H2,1H3. The molecule has 2 atom stereocenters. The molecule has 102 valence electrons. The first-order chi connectivity index (χ1) is 9.70. The van der Waals surface area contributed by atoms with E-state index in [0.29, 0.717) is 5.92 Å². The van der Waals surface area contributed by atoms with Gasteiger partial charge >= 0.3 is 0 Å². The lowest BCUT2D eigenvalue weighted by atomic mass is 10.0. The number of ketones is 1. The average molecular weight is 331 g/mol. The van der Waals surface area contributed by atoms with Crippen molar-refractivity contribution in [2.75, 3.05) is 7.11 Å². The van der Waals surface area contributed by atoms with Crippen molar-refractivity contribution in [3.05, 3.63) is 64.1 Å². The van der Waals surface area contributed by atoms with Gasteiger partial charge in [-0.25, -0.2) is 0 Å². The smallest absolute Gasteiger partial charge is 0.166 e. The SMILES string of the molecule is COc1ccc(C(=O)C2CC2c2ccccc2)cc1Br. The highest BCUT2D eigenvalue weighted by atomic mass is 79.9. The normalized spacial score (nSPS) is 20.5. The molecule has 0 radical (unpaired) electrons. The van der Waals surface area contributed by atoms with Gasteiger partial charge in [0.05, 0.1) is 11.6 Å². The Kier molecular flexibility index (Phi) is 3.62. The Morgan fingerprint density at radius 3 is 2.60 bits per heavy atom. The van der Waals surface area contributed by atoms with E-state index in [4.69, 9.17) is 4.74 Å². The number of carbonyl (C=O) groups excluding carboxylic acids is 1. The molecular formula is C17H15BrO2. The third kappa shape index (κ3) is 2.50. The number of rotatable bonds is 4. The topological polar surface area (TPSA) is 26.3 Å². The van der Waals surface area contributed by atoms with Crippen molar-refractivity contribution in [1.29, 1.82) is 0 Å². The molecule has 3 heteroatoms. The summed E-state index contributed by atoms with van der Waals surface area (Å²) < 4.78 is 6.01. The molecule has 3 rings (SSSR count). The zero-order valence-electron chi connectivity index (χ0n) is 11.2. The third-order valence-electron chi connectivity index (χ3n) is 3.79. The van der Waals surface area contributed by atoms with Crippen LogP contribution in [0.4, 0.5) is 0 Å². The van der Waals surface area contributed by atoms with Crippen LogP contribution in [0.3, 0.4) is 0 Å². The fourth-order valence-electron chi connectivity index (χ4n) is 2.59. The van der Waals surface area contributed by atoms with Gasteiger partial charge in [-0.2, -0.15) is 0 Å². The quantitative estimate of drug-likeness (QED) is 0.774. The summed E-state index contributed by atoms with van der Waals surface area (Å²) in [5, 5.41) is 0. The monoisotopic (exact) mass is 330 g/mol. The maximum absolute atomic E-state index is 12.5. The van der Waals surface area contributed by atoms with Crippen molar-refractivity contribution in [3.8, 4) is 5.75 Å². The molecule has 1 aliphatic rings. The van der Waals surface area contributed by atoms with E-state index in [-0.39, 0.29) is 11.7 Å². The van der Waals surface area contributed by atoms with Crippen molar-refractivity contribution in [2.45, 2.75) is 12.3 Å². The summed E-state index contributed by atoms with van der Waals surface area (Å²) >= 11 is 3.43. The van der Waals surface area contributed by atoms with Crippen LogP contribution >= 0.6 is 15.9 Å². The van der Waals surface area contributed by atoms with Gasteiger partial charge in [-0.1, -0.05) is 30.3 Å². The molecule has 2 nitrogen and oxygen atoms in total. The summed E-state index contributed by atoms with van der Waals surface area (Å²) in [7, 11) is 1.62. The fourth-order valence-corrected chi connectivity index (χ4v) is 3.13. The van der Waals surface area contributed by atoms with Gasteiger partial charge in [0.2, 0.25) is 0 Å². The van der Waals surface area contributed by atoms with Crippen LogP contribution in [0, 0.1) is 5.92 Å². The molecule has 0 bridgehead atoms. The molecule has 1 aliphatic carbocycles. The number of benzene rings is 2. The summed E-state index contributed by atoms with van der Waals surface area (Å²) in [6.45, 7) is 0. The predicted octanol–water partition coefficient (Wildman–Crippen LogP) is 4.44. The first-order valence-electron chi connectivity index (χ1n) is 6.63. The first-order valence-corrected chi connectivity index (χ1v) is 7.42. The van der Waals surface area contributed by atoms with Crippen LogP contribution in [0.1, 0.15) is 28.3 Å². The maximum Gasteiger partial charge on any atom is 0.166 e. The lowest BCUT2D eigenvalue weighted by Gasteiger charge is -2.06. The molecule has 0 aliphatic heterocycles. The summed E-state index contributed by atoms with van der Waals surface area (Å²) in [5.74, 6) is 1.47. The molecule has 0 heterocycles. The lowest BCUT2D eigenvalue weighted by Crippen LogP contribution is -2.03. The van der Waals surface area contributed by atoms with Crippen LogP contribution in [0.25, 0.3) is 0 Å². The Morgan fingerprint density at radius 1 is 1.20 bits per heavy atom. The molecule has 1 saturated carbocycles. The zero-order valence-corrected chi connectivity index (χ0v) is 12.8. The lowest BCUT2D eigenvalue weighted by molar-refractivity contribution is 0.0965. The van der Waals surface area contributed by atoms with E-state index in [9.17, 15) is 4.79 Å². The number of Topliss-reactive ketones (excluding diaryl/α,β-unsaturated/α-hetero) is 1. The van der Waals surface area contributed by atoms with Gasteiger partial charge in [0.15, 0.2) is 5.78 Å². The van der Waals surface area contributed by atoms with E-state index in [1.807, 2.05) is 36.4 Å². The molecule has 2 aromatic rings. The van der Waals surface area contributed by atoms with Gasteiger partial charge in [-0.05, 0) is 52.0 Å². The molecular weight excluding hydrogens is 316 g/mol. The van der Waals surface area contributed by atoms with Crippen LogP contribution in [-0.4, -0.2) is 12.9 Å². The van der Waals surface area contributed by atoms with E-state index in [0.717, 1.165) is 22.2 Å². The maximum atomic E-state index is 12.5. The molecule has 0 saturated heterocycles. The minimum Gasteiger partial charge on any atom is -0.496 e. The molecule has 2 unspecified atom stereocenters. The second kappa shape index (κ2) is 5.41. The Hall–Kier alpha value is -1.61. The minimum absolute atomic E-state index is 0.123. The highest BCUT2D eigenvalue weighted by molar-refractivity contribution is 9.10. The molecule has 0 aromatic heterocycles. The van der Waals surface area contributed by atoms with Crippen molar-refractivity contribution in [1.82, 2.24) is 0 Å². The number of methoxy groups -OCH3 is 1. The number of carbonyl (C=O) groups is 1. The Morgan fingerprint density at radius 2 is 1.95 bits per heavy atom. The second-order valence-corrected chi connectivity index (χ2v) is 5.93. The van der Waals surface area contributed by atoms with E-state index in [1.165, 1.54) is 5.56 Å². The van der Waals surface area contributed by atoms with E-state index in [1.54, 1.807) is 7.11 Å². The Balaban J connectivity index is 1.77. The summed E-state index contributed by atoms with van der Waals surface area (Å²) in [6.07, 6.45) is 0.951. The zero-order chi connectivity index (χ0) is 14.1. The van der Waals surface area contributed by atoms with Crippen LogP contribution in [0.2, 0.25) is 0 Å². The highest BCUT2D eigenvalue weighted by Crippen LogP contribution is 2.49. The summed E-state index contributed by atoms with van der Waals surface area (Å²) in [4.78, 5) is 12.5. The fraction of sp³-hybridized carbons (Fsp3) is 0.235. The van der Waals surface area contributed by atoms with E-state index >= 15 is 0 Å². The van der Waals surface area contributed by atoms with Crippen molar-refractivity contribution in [3.63, 3.8) is 0 Å². The number of hydrogen-bond donors (Lipinski definition) is 0. The Labute approximate surface area is 126 Å². The second-order valence-electron chi connectivity index (χ2n) is 5.07. The van der Waals surface area contributed by atoms with Crippen molar-refractivity contribution in [2.24, 2.45) is 5.92 Å². The average Bonchev–Trinajstić information content (AvgIpc) is 3.28. The highest BCUT2D eigenvalue weighted by Gasteiger charge is 2.43. The van der Waals surface area contributed by atoms with Crippen molar-refractivity contribution >= 4 is 21.7 Å². The van der Waals surface area contributed by atoms with Gasteiger partial charge in [0, 0.05) is 11.5 Å². The van der Waals surface area contributed by atoms with Gasteiger partial charge in [-0.15, -0.1) is 0 Å². The third-order valence-corrected chi connectivity index (χ3v) is 4.41. The van der Waals surface area contributed by atoms with Crippen molar-refractivity contribution < 1.29 is 9.53 Å². The first kappa shape index (κ1) is 13.4. The van der Waals surface area contributed by atoms with Gasteiger partial charge in [0.25, 0.3) is 0 Å². The number of ether oxygens (including phenoxy) is 1. The molecule has 0 N–H and O–H groups in total. The number of halogens is 1. The van der Waals surface area contributed by atoms with Crippen LogP contribution in [0.5, 0.6) is 5.75 Å². The van der Waals surface area contributed by atoms with Gasteiger partial charge in [0.1, 0.15) is 5.75 Å². The minimum atomic E-state index is 0.123. The predicted molar refractivity (Wildman–Crippen MR) is 82.3 cm³/mol. The number of hydrogen-bond acceptors (Lipinski definition) is 2. The molecule has 0 amide bonds. The molecule has 1 fully saturated rings. The van der Waals surface area contributed by atoms with Gasteiger partial charge in [-0.3, -0.25) is 4.79 Å². The van der Waals surface area contributed by atoms with E-state index < -0.39 is 0 Å². The molecule has 0 spiro atoms. The largest absolute Gasteiger partial charge is 0.496 e. The van der Waals surface area contributed by atoms with Crippen LogP contribution in [0.15, 0.2) is 53.0 Å². The molecule has 20 heavy (non-hydrogen) atoms. The Bertz CT molecular complexity index is 637. The summed E-state index contributed by atoms with van der Waals surface area (Å²) in [6, 6.07) is 15.8. The summed E-state index contributed by atoms with van der Waals surface area (Å²) in [5.41, 5.74) is 2.01. The van der Waals surface area contributed by atoms with Crippen LogP contribution < -0.4 is 4.74 Å². The molecule has 2 aromatic carbocycles. The van der Waals surface area contributed by atoms with Crippen LogP contribution in [-0.2, 0) is 0 Å².